The summed E-state index contributed by atoms with van der Waals surface area (Å²) in [6, 6.07) is 0.689. The highest BCUT2D eigenvalue weighted by atomic mass is 19.4. The third kappa shape index (κ3) is 2.27. The van der Waals surface area contributed by atoms with Crippen LogP contribution in [-0.4, -0.2) is 21.1 Å². The van der Waals surface area contributed by atoms with Gasteiger partial charge >= 0.3 is 17.8 Å². The number of aromatic carboxylic acids is 1. The summed E-state index contributed by atoms with van der Waals surface area (Å²) in [4.78, 5) is 19.6. The Balaban J connectivity index is 3.61. The van der Waals surface area contributed by atoms with Crippen molar-refractivity contribution >= 4 is 11.7 Å². The topological polar surface area (TPSA) is 101 Å². The number of aromatic hydroxyl groups is 1. The normalized spacial score (nSPS) is 11.2. The van der Waals surface area contributed by atoms with Crippen molar-refractivity contribution in [2.24, 2.45) is 0 Å². The highest BCUT2D eigenvalue weighted by Gasteiger charge is 2.39. The summed E-state index contributed by atoms with van der Waals surface area (Å²) in [6.07, 6.45) is -5.01. The van der Waals surface area contributed by atoms with Crippen LogP contribution in [-0.2, 0) is 6.18 Å². The molecule has 0 unspecified atom stereocenters. The maximum atomic E-state index is 12.3. The predicted octanol–water partition coefficient (Wildman–Crippen LogP) is 2.02. The summed E-state index contributed by atoms with van der Waals surface area (Å²) in [5.74, 6) is -3.51. The van der Waals surface area contributed by atoms with Gasteiger partial charge in [0.15, 0.2) is 0 Å². The van der Waals surface area contributed by atoms with E-state index in [0.29, 0.717) is 6.07 Å². The zero-order valence-electron chi connectivity index (χ0n) is 7.85. The van der Waals surface area contributed by atoms with Crippen molar-refractivity contribution in [3.05, 3.63) is 33.4 Å². The minimum Gasteiger partial charge on any atom is -0.502 e. The van der Waals surface area contributed by atoms with Crippen LogP contribution in [0, 0.1) is 10.1 Å². The van der Waals surface area contributed by atoms with Crippen LogP contribution in [0.5, 0.6) is 5.75 Å². The van der Waals surface area contributed by atoms with Crippen LogP contribution in [0.25, 0.3) is 0 Å². The number of phenols is 1. The van der Waals surface area contributed by atoms with Crippen LogP contribution in [0.3, 0.4) is 0 Å². The van der Waals surface area contributed by atoms with Gasteiger partial charge in [0, 0.05) is 0 Å². The quantitative estimate of drug-likeness (QED) is 0.618. The lowest BCUT2D eigenvalue weighted by Crippen LogP contribution is -2.10. The van der Waals surface area contributed by atoms with Gasteiger partial charge in [-0.1, -0.05) is 0 Å². The Morgan fingerprint density at radius 3 is 2.24 bits per heavy atom. The molecule has 0 radical (unpaired) electrons. The van der Waals surface area contributed by atoms with Crippen molar-refractivity contribution in [1.29, 1.82) is 0 Å². The Bertz CT molecular complexity index is 497. The second kappa shape index (κ2) is 3.92. The van der Waals surface area contributed by atoms with Crippen molar-refractivity contribution < 1.29 is 33.1 Å². The number of carbonyl (C=O) groups is 1. The first-order valence-corrected chi connectivity index (χ1v) is 3.97. The van der Waals surface area contributed by atoms with Gasteiger partial charge in [-0.05, 0) is 12.1 Å². The van der Waals surface area contributed by atoms with E-state index in [1.807, 2.05) is 0 Å². The van der Waals surface area contributed by atoms with E-state index in [9.17, 15) is 28.1 Å². The highest BCUT2D eigenvalue weighted by Crippen LogP contribution is 2.42. The van der Waals surface area contributed by atoms with Gasteiger partial charge in [0.05, 0.1) is 4.92 Å². The number of hydrogen-bond acceptors (Lipinski definition) is 4. The van der Waals surface area contributed by atoms with E-state index in [4.69, 9.17) is 10.2 Å². The fourth-order valence-electron chi connectivity index (χ4n) is 1.17. The number of halogens is 3. The third-order valence-electron chi connectivity index (χ3n) is 1.87. The molecule has 2 N–H and O–H groups in total. The monoisotopic (exact) mass is 251 g/mol. The number of nitrogens with zero attached hydrogens (tertiary/aromatic N) is 1. The molecular formula is C8H4F3NO5. The van der Waals surface area contributed by atoms with Gasteiger partial charge in [0.2, 0.25) is 5.75 Å². The zero-order valence-corrected chi connectivity index (χ0v) is 7.85. The maximum absolute atomic E-state index is 12.3. The van der Waals surface area contributed by atoms with Gasteiger partial charge < -0.3 is 10.2 Å². The first-order chi connectivity index (χ1) is 7.66. The molecule has 0 heterocycles. The Kier molecular flexibility index (Phi) is 2.94. The number of carboxylic acid groups (broad SMARTS) is 1. The molecule has 17 heavy (non-hydrogen) atoms. The molecular weight excluding hydrogens is 247 g/mol. The lowest BCUT2D eigenvalue weighted by Gasteiger charge is -2.09. The number of rotatable bonds is 2. The van der Waals surface area contributed by atoms with Crippen LogP contribution in [0.15, 0.2) is 12.1 Å². The standard InChI is InChI=1S/C8H4F3NO5/c9-8(10,11)4-2-1-3(7(14)15)5(6(4)13)12(16)17/h1-2,13H,(H,14,15). The van der Waals surface area contributed by atoms with Crippen molar-refractivity contribution in [2.75, 3.05) is 0 Å². The van der Waals surface area contributed by atoms with Gasteiger partial charge in [-0.25, -0.2) is 4.79 Å². The van der Waals surface area contributed by atoms with Gasteiger partial charge in [-0.15, -0.1) is 0 Å². The Hall–Kier alpha value is -2.32. The Morgan fingerprint density at radius 1 is 1.35 bits per heavy atom. The second-order valence-electron chi connectivity index (χ2n) is 2.92. The Labute approximate surface area is 91.1 Å². The van der Waals surface area contributed by atoms with Crippen LogP contribution in [0.4, 0.5) is 18.9 Å². The predicted molar refractivity (Wildman–Crippen MR) is 46.7 cm³/mol. The van der Waals surface area contributed by atoms with Gasteiger partial charge in [0.25, 0.3) is 0 Å². The summed E-state index contributed by atoms with van der Waals surface area (Å²) in [5.41, 5.74) is -4.15. The molecule has 0 aliphatic rings. The molecule has 0 aromatic heterocycles. The maximum Gasteiger partial charge on any atom is 0.420 e. The van der Waals surface area contributed by atoms with E-state index in [1.54, 1.807) is 0 Å². The molecule has 0 atom stereocenters. The third-order valence-corrected chi connectivity index (χ3v) is 1.87. The first kappa shape index (κ1) is 12.7. The molecule has 0 fully saturated rings. The molecule has 0 spiro atoms. The molecule has 0 amide bonds. The molecule has 1 aromatic rings. The number of alkyl halides is 3. The largest absolute Gasteiger partial charge is 0.502 e. The number of nitro benzene ring substituents is 1. The molecule has 0 saturated carbocycles. The first-order valence-electron chi connectivity index (χ1n) is 3.97. The summed E-state index contributed by atoms with van der Waals surface area (Å²) in [6.45, 7) is 0. The minimum atomic E-state index is -5.01. The highest BCUT2D eigenvalue weighted by molar-refractivity contribution is 5.94. The molecule has 1 rings (SSSR count). The summed E-state index contributed by atoms with van der Waals surface area (Å²) in [7, 11) is 0. The van der Waals surface area contributed by atoms with E-state index in [-0.39, 0.29) is 6.07 Å². The van der Waals surface area contributed by atoms with E-state index in [2.05, 4.69) is 0 Å². The summed E-state index contributed by atoms with van der Waals surface area (Å²) < 4.78 is 36.9. The van der Waals surface area contributed by atoms with Crippen LogP contribution >= 0.6 is 0 Å². The lowest BCUT2D eigenvalue weighted by molar-refractivity contribution is -0.386. The molecule has 6 nitrogen and oxygen atoms in total. The lowest BCUT2D eigenvalue weighted by atomic mass is 10.1. The van der Waals surface area contributed by atoms with Gasteiger partial charge in [-0.2, -0.15) is 13.2 Å². The van der Waals surface area contributed by atoms with E-state index >= 15 is 0 Å². The van der Waals surface area contributed by atoms with Crippen LogP contribution in [0.1, 0.15) is 15.9 Å². The SMILES string of the molecule is O=C(O)c1ccc(C(F)(F)F)c(O)c1[N+](=O)[O-]. The molecule has 0 aliphatic carbocycles. The van der Waals surface area contributed by atoms with E-state index in [1.165, 1.54) is 0 Å². The number of phenolic OH excluding ortho intramolecular Hbond substituents is 1. The van der Waals surface area contributed by atoms with E-state index in [0.717, 1.165) is 0 Å². The van der Waals surface area contributed by atoms with Crippen molar-refractivity contribution in [3.8, 4) is 5.75 Å². The molecule has 0 bridgehead atoms. The average molecular weight is 251 g/mol. The number of nitro groups is 1. The molecule has 9 heteroatoms. The molecule has 1 aromatic carbocycles. The van der Waals surface area contributed by atoms with Crippen LogP contribution in [0.2, 0.25) is 0 Å². The summed E-state index contributed by atoms with van der Waals surface area (Å²) >= 11 is 0. The van der Waals surface area contributed by atoms with Gasteiger partial charge in [-0.3, -0.25) is 10.1 Å². The molecule has 0 aliphatic heterocycles. The number of hydrogen-bond donors (Lipinski definition) is 2. The average Bonchev–Trinajstić information content (AvgIpc) is 2.13. The fourth-order valence-corrected chi connectivity index (χ4v) is 1.17. The fraction of sp³-hybridized carbons (Fsp3) is 0.125. The summed E-state index contributed by atoms with van der Waals surface area (Å²) in [5, 5.41) is 28.1. The van der Waals surface area contributed by atoms with Crippen molar-refractivity contribution in [3.63, 3.8) is 0 Å². The number of carboxylic acids is 1. The molecule has 92 valence electrons. The zero-order chi connectivity index (χ0) is 13.4. The smallest absolute Gasteiger partial charge is 0.420 e. The second-order valence-corrected chi connectivity index (χ2v) is 2.92. The van der Waals surface area contributed by atoms with Crippen molar-refractivity contribution in [2.45, 2.75) is 6.18 Å². The van der Waals surface area contributed by atoms with Crippen molar-refractivity contribution in [1.82, 2.24) is 0 Å². The Morgan fingerprint density at radius 2 is 1.88 bits per heavy atom. The number of benzene rings is 1. The van der Waals surface area contributed by atoms with E-state index < -0.39 is 39.6 Å². The van der Waals surface area contributed by atoms with Gasteiger partial charge in [0.1, 0.15) is 11.1 Å². The molecule has 0 saturated heterocycles. The minimum absolute atomic E-state index is 0.270. The van der Waals surface area contributed by atoms with Crippen LogP contribution < -0.4 is 0 Å².